The summed E-state index contributed by atoms with van der Waals surface area (Å²) >= 11 is 0. The molecule has 0 atom stereocenters. The number of hydrogen-bond donors (Lipinski definition) is 1. The van der Waals surface area contributed by atoms with Gasteiger partial charge in [-0.3, -0.25) is 4.79 Å². The van der Waals surface area contributed by atoms with Crippen LogP contribution in [0.3, 0.4) is 0 Å². The van der Waals surface area contributed by atoms with E-state index in [-0.39, 0.29) is 5.56 Å². The van der Waals surface area contributed by atoms with Crippen LogP contribution in [0, 0.1) is 0 Å². The molecule has 0 saturated carbocycles. The molecule has 0 fully saturated rings. The number of H-pyrrole nitrogens is 1. The van der Waals surface area contributed by atoms with Gasteiger partial charge in [-0.2, -0.15) is 5.10 Å². The van der Waals surface area contributed by atoms with Crippen molar-refractivity contribution in [3.63, 3.8) is 0 Å². The van der Waals surface area contributed by atoms with Crippen LogP contribution in [0.25, 0.3) is 11.0 Å². The van der Waals surface area contributed by atoms with E-state index in [1.807, 2.05) is 12.3 Å². The van der Waals surface area contributed by atoms with Crippen LogP contribution in [-0.2, 0) is 20.0 Å². The van der Waals surface area contributed by atoms with Gasteiger partial charge in [0, 0.05) is 44.4 Å². The van der Waals surface area contributed by atoms with Gasteiger partial charge in [-0.1, -0.05) is 0 Å². The highest BCUT2D eigenvalue weighted by molar-refractivity contribution is 5.87. The number of fused-ring (bicyclic) bond motifs is 2. The van der Waals surface area contributed by atoms with Gasteiger partial charge in [-0.15, -0.1) is 0 Å². The van der Waals surface area contributed by atoms with E-state index in [4.69, 9.17) is 0 Å². The highest BCUT2D eigenvalue weighted by Gasteiger charge is 2.21. The van der Waals surface area contributed by atoms with Crippen molar-refractivity contribution >= 4 is 16.9 Å². The summed E-state index contributed by atoms with van der Waals surface area (Å²) in [6.07, 6.45) is 4.23. The minimum atomic E-state index is -0.0786. The van der Waals surface area contributed by atoms with Crippen molar-refractivity contribution in [2.45, 2.75) is 13.0 Å². The summed E-state index contributed by atoms with van der Waals surface area (Å²) in [6, 6.07) is 3.65. The maximum atomic E-state index is 11.8. The van der Waals surface area contributed by atoms with E-state index < -0.39 is 0 Å². The molecule has 7 heteroatoms. The van der Waals surface area contributed by atoms with E-state index in [1.54, 1.807) is 19.4 Å². The molecule has 3 aromatic rings. The van der Waals surface area contributed by atoms with Crippen molar-refractivity contribution < 1.29 is 0 Å². The SMILES string of the molecule is Cn1nc2c(cc1=O)CN(c1ncnc3[nH]ccc13)CC2. The van der Waals surface area contributed by atoms with E-state index in [0.29, 0.717) is 6.54 Å². The van der Waals surface area contributed by atoms with Crippen LogP contribution in [0.2, 0.25) is 0 Å². The van der Waals surface area contributed by atoms with Gasteiger partial charge in [0.1, 0.15) is 17.8 Å². The summed E-state index contributed by atoms with van der Waals surface area (Å²) in [4.78, 5) is 25.6. The quantitative estimate of drug-likeness (QED) is 0.707. The molecule has 0 aliphatic carbocycles. The molecule has 0 amide bonds. The lowest BCUT2D eigenvalue weighted by atomic mass is 10.1. The summed E-state index contributed by atoms with van der Waals surface area (Å²) < 4.78 is 1.39. The van der Waals surface area contributed by atoms with E-state index in [1.165, 1.54) is 4.68 Å². The third kappa shape index (κ3) is 1.89. The lowest BCUT2D eigenvalue weighted by molar-refractivity contribution is 0.623. The van der Waals surface area contributed by atoms with Gasteiger partial charge in [0.25, 0.3) is 5.56 Å². The third-order valence-electron chi connectivity index (χ3n) is 3.87. The summed E-state index contributed by atoms with van der Waals surface area (Å²) in [5, 5.41) is 5.33. The molecule has 1 aliphatic rings. The first-order valence-corrected chi connectivity index (χ1v) is 6.81. The second kappa shape index (κ2) is 4.41. The molecule has 3 aromatic heterocycles. The maximum absolute atomic E-state index is 11.8. The number of anilines is 1. The number of aromatic nitrogens is 5. The van der Waals surface area contributed by atoms with Crippen molar-refractivity contribution in [2.75, 3.05) is 11.4 Å². The van der Waals surface area contributed by atoms with Crippen LogP contribution in [0.5, 0.6) is 0 Å². The van der Waals surface area contributed by atoms with Crippen LogP contribution >= 0.6 is 0 Å². The van der Waals surface area contributed by atoms with Gasteiger partial charge in [-0.05, 0) is 6.07 Å². The van der Waals surface area contributed by atoms with Crippen LogP contribution in [-0.4, -0.2) is 31.3 Å². The minimum absolute atomic E-state index is 0.0786. The van der Waals surface area contributed by atoms with Crippen LogP contribution in [0.15, 0.2) is 29.5 Å². The average molecular weight is 282 g/mol. The molecule has 1 aliphatic heterocycles. The Morgan fingerprint density at radius 2 is 2.24 bits per heavy atom. The van der Waals surface area contributed by atoms with Crippen LogP contribution in [0.4, 0.5) is 5.82 Å². The van der Waals surface area contributed by atoms with Crippen molar-refractivity contribution in [1.29, 1.82) is 0 Å². The van der Waals surface area contributed by atoms with E-state index >= 15 is 0 Å². The Kier molecular flexibility index (Phi) is 2.53. The lowest BCUT2D eigenvalue weighted by Crippen LogP contribution is -2.34. The number of rotatable bonds is 1. The standard InChI is InChI=1S/C14H14N6O/c1-19-12(21)6-9-7-20(5-3-11(9)18-19)14-10-2-4-15-13(10)16-8-17-14/h2,4,6,8H,3,5,7H2,1H3,(H,15,16,17). The average Bonchev–Trinajstić information content (AvgIpc) is 2.96. The van der Waals surface area contributed by atoms with Crippen LogP contribution in [0.1, 0.15) is 11.3 Å². The van der Waals surface area contributed by atoms with Crippen molar-refractivity contribution in [1.82, 2.24) is 24.7 Å². The molecule has 0 radical (unpaired) electrons. The first-order valence-electron chi connectivity index (χ1n) is 6.81. The fraction of sp³-hybridized carbons (Fsp3) is 0.286. The highest BCUT2D eigenvalue weighted by Crippen LogP contribution is 2.26. The fourth-order valence-electron chi connectivity index (χ4n) is 2.78. The summed E-state index contributed by atoms with van der Waals surface area (Å²) in [5.41, 5.74) is 2.72. The molecule has 0 bridgehead atoms. The second-order valence-corrected chi connectivity index (χ2v) is 5.19. The zero-order chi connectivity index (χ0) is 14.4. The van der Waals surface area contributed by atoms with E-state index in [2.05, 4.69) is 25.0 Å². The first-order chi connectivity index (χ1) is 10.2. The van der Waals surface area contributed by atoms with Gasteiger partial charge in [0.15, 0.2) is 0 Å². The van der Waals surface area contributed by atoms with Gasteiger partial charge in [0.2, 0.25) is 0 Å². The molecule has 7 nitrogen and oxygen atoms in total. The predicted molar refractivity (Wildman–Crippen MR) is 78.1 cm³/mol. The van der Waals surface area contributed by atoms with Crippen molar-refractivity contribution in [2.24, 2.45) is 7.05 Å². The van der Waals surface area contributed by atoms with E-state index in [0.717, 1.165) is 41.1 Å². The molecule has 0 unspecified atom stereocenters. The Morgan fingerprint density at radius 1 is 1.33 bits per heavy atom. The number of hydrogen-bond acceptors (Lipinski definition) is 5. The lowest BCUT2D eigenvalue weighted by Gasteiger charge is -2.29. The molecule has 1 N–H and O–H groups in total. The summed E-state index contributed by atoms with van der Waals surface area (Å²) in [7, 11) is 1.68. The molecule has 0 aromatic carbocycles. The Bertz CT molecular complexity index is 881. The highest BCUT2D eigenvalue weighted by atomic mass is 16.1. The molecule has 0 saturated heterocycles. The number of nitrogens with one attached hydrogen (secondary N) is 1. The molecule has 106 valence electrons. The Labute approximate surface area is 120 Å². The second-order valence-electron chi connectivity index (χ2n) is 5.19. The molecule has 4 rings (SSSR count). The normalized spacial score (nSPS) is 14.4. The fourth-order valence-corrected chi connectivity index (χ4v) is 2.78. The minimum Gasteiger partial charge on any atom is -0.351 e. The van der Waals surface area contributed by atoms with E-state index in [9.17, 15) is 4.79 Å². The Morgan fingerprint density at radius 3 is 3.14 bits per heavy atom. The van der Waals surface area contributed by atoms with Gasteiger partial charge < -0.3 is 9.88 Å². The number of aromatic amines is 1. The molecule has 4 heterocycles. The zero-order valence-corrected chi connectivity index (χ0v) is 11.6. The van der Waals surface area contributed by atoms with Crippen molar-refractivity contribution in [3.8, 4) is 0 Å². The maximum Gasteiger partial charge on any atom is 0.266 e. The molecule has 0 spiro atoms. The Hall–Kier alpha value is -2.70. The van der Waals surface area contributed by atoms with Gasteiger partial charge >= 0.3 is 0 Å². The summed E-state index contributed by atoms with van der Waals surface area (Å²) in [6.45, 7) is 1.48. The van der Waals surface area contributed by atoms with Crippen LogP contribution < -0.4 is 10.5 Å². The zero-order valence-electron chi connectivity index (χ0n) is 11.6. The van der Waals surface area contributed by atoms with Crippen molar-refractivity contribution in [3.05, 3.63) is 46.3 Å². The number of aryl methyl sites for hydroxylation is 1. The monoisotopic (exact) mass is 282 g/mol. The molecular weight excluding hydrogens is 268 g/mol. The topological polar surface area (TPSA) is 79.7 Å². The first kappa shape index (κ1) is 12.1. The number of nitrogens with zero attached hydrogens (tertiary/aromatic N) is 5. The Balaban J connectivity index is 1.77. The van der Waals surface area contributed by atoms with Gasteiger partial charge in [0.05, 0.1) is 11.1 Å². The smallest absolute Gasteiger partial charge is 0.266 e. The third-order valence-corrected chi connectivity index (χ3v) is 3.87. The predicted octanol–water partition coefficient (Wildman–Crippen LogP) is 0.614. The van der Waals surface area contributed by atoms with Gasteiger partial charge in [-0.25, -0.2) is 14.6 Å². The largest absolute Gasteiger partial charge is 0.351 e. The molecule has 21 heavy (non-hydrogen) atoms. The molecular formula is C14H14N6O. The summed E-state index contributed by atoms with van der Waals surface area (Å²) in [5.74, 6) is 0.896.